The fourth-order valence-electron chi connectivity index (χ4n) is 4.58. The molecule has 1 aliphatic rings. The molecule has 0 radical (unpaired) electrons. The molecule has 0 fully saturated rings. The first-order valence-corrected chi connectivity index (χ1v) is 12.0. The number of rotatable bonds is 8. The van der Waals surface area contributed by atoms with Gasteiger partial charge in [-0.25, -0.2) is 13.8 Å². The number of ether oxygens (including phenoxy) is 1. The number of pyridine rings is 1. The van der Waals surface area contributed by atoms with Crippen LogP contribution in [0.2, 0.25) is 0 Å². The fourth-order valence-corrected chi connectivity index (χ4v) is 4.58. The Kier molecular flexibility index (Phi) is 8.17. The fraction of sp³-hybridized carbons (Fsp3) is 0.556. The van der Waals surface area contributed by atoms with Crippen molar-refractivity contribution in [3.63, 3.8) is 0 Å². The summed E-state index contributed by atoms with van der Waals surface area (Å²) < 4.78 is 33.4. The third-order valence-electron chi connectivity index (χ3n) is 5.92. The topological polar surface area (TPSA) is 83.5 Å². The molecule has 2 heterocycles. The molecular formula is C27H37F2N3O3. The zero-order valence-electron chi connectivity index (χ0n) is 21.4. The van der Waals surface area contributed by atoms with Gasteiger partial charge >= 0.3 is 0 Å². The van der Waals surface area contributed by atoms with Crippen LogP contribution in [0.5, 0.6) is 5.88 Å². The van der Waals surface area contributed by atoms with Crippen LogP contribution in [0.1, 0.15) is 70.7 Å². The van der Waals surface area contributed by atoms with E-state index in [2.05, 4.69) is 42.5 Å². The minimum absolute atomic E-state index is 0.0876. The van der Waals surface area contributed by atoms with Crippen molar-refractivity contribution in [1.29, 1.82) is 0 Å². The van der Waals surface area contributed by atoms with Gasteiger partial charge in [0.1, 0.15) is 17.2 Å². The number of carbonyl (C=O) groups is 1. The zero-order valence-corrected chi connectivity index (χ0v) is 21.4. The maximum atomic E-state index is 13.7. The maximum Gasteiger partial charge on any atom is 0.218 e. The lowest BCUT2D eigenvalue weighted by atomic mass is 9.86. The predicted octanol–water partition coefficient (Wildman–Crippen LogP) is 4.25. The van der Waals surface area contributed by atoms with Crippen LogP contribution in [0, 0.1) is 17.0 Å². The van der Waals surface area contributed by atoms with Crippen LogP contribution < -0.4 is 15.4 Å². The molecule has 3 N–H and O–H groups in total. The number of fused-ring (bicyclic) bond motifs is 1. The van der Waals surface area contributed by atoms with Crippen molar-refractivity contribution in [3.8, 4) is 5.88 Å². The molecule has 1 aliphatic heterocycles. The van der Waals surface area contributed by atoms with E-state index in [1.54, 1.807) is 0 Å². The standard InChI is InChI=1S/C27H37F2N3O3/c1-16(33)32-22(10-17-7-19(28)11-20(29)8-17)24(34)15-30-23-13-27(5,6)35-25-21(23)9-18(14-31-25)12-26(2,3)4/h7-9,11,14,22-24,30,34H,10,12-13,15H2,1-6H3,(H,32,33)/t22-,23-,24-/m0/s1. The summed E-state index contributed by atoms with van der Waals surface area (Å²) >= 11 is 0. The number of aliphatic hydroxyl groups excluding tert-OH is 1. The molecule has 0 aliphatic carbocycles. The Bertz CT molecular complexity index is 1030. The third-order valence-corrected chi connectivity index (χ3v) is 5.92. The van der Waals surface area contributed by atoms with Gasteiger partial charge in [-0.05, 0) is 61.4 Å². The molecule has 1 aromatic heterocycles. The number of halogens is 2. The van der Waals surface area contributed by atoms with E-state index >= 15 is 0 Å². The Morgan fingerprint density at radius 2 is 1.86 bits per heavy atom. The summed E-state index contributed by atoms with van der Waals surface area (Å²) in [7, 11) is 0. The van der Waals surface area contributed by atoms with Gasteiger partial charge in [0.2, 0.25) is 11.8 Å². The number of carbonyl (C=O) groups excluding carboxylic acids is 1. The second-order valence-corrected chi connectivity index (χ2v) is 11.4. The summed E-state index contributed by atoms with van der Waals surface area (Å²) in [6, 6.07) is 4.46. The maximum absolute atomic E-state index is 13.7. The second-order valence-electron chi connectivity index (χ2n) is 11.4. The van der Waals surface area contributed by atoms with Crippen molar-refractivity contribution in [2.45, 2.75) is 84.6 Å². The number of hydrogen-bond acceptors (Lipinski definition) is 5. The Labute approximate surface area is 206 Å². The molecular weight excluding hydrogens is 452 g/mol. The van der Waals surface area contributed by atoms with Gasteiger partial charge in [0, 0.05) is 43.8 Å². The molecule has 0 spiro atoms. The van der Waals surface area contributed by atoms with Crippen molar-refractivity contribution >= 4 is 5.91 Å². The Hall–Kier alpha value is -2.58. The summed E-state index contributed by atoms with van der Waals surface area (Å²) in [6.45, 7) is 12.0. The molecule has 0 unspecified atom stereocenters. The molecule has 6 nitrogen and oxygen atoms in total. The van der Waals surface area contributed by atoms with Gasteiger partial charge in [-0.1, -0.05) is 20.8 Å². The van der Waals surface area contributed by atoms with Crippen molar-refractivity contribution < 1.29 is 23.4 Å². The quantitative estimate of drug-likeness (QED) is 0.517. The van der Waals surface area contributed by atoms with Crippen LogP contribution in [0.25, 0.3) is 0 Å². The van der Waals surface area contributed by atoms with E-state index in [1.807, 2.05) is 20.0 Å². The summed E-state index contributed by atoms with van der Waals surface area (Å²) in [5.74, 6) is -1.17. The van der Waals surface area contributed by atoms with E-state index in [4.69, 9.17) is 4.74 Å². The molecule has 3 atom stereocenters. The number of benzene rings is 1. The van der Waals surface area contributed by atoms with Crippen LogP contribution in [-0.4, -0.2) is 40.3 Å². The number of nitrogens with one attached hydrogen (secondary N) is 2. The largest absolute Gasteiger partial charge is 0.471 e. The molecule has 192 valence electrons. The van der Waals surface area contributed by atoms with Crippen LogP contribution in [-0.2, 0) is 17.6 Å². The highest BCUT2D eigenvalue weighted by Gasteiger charge is 2.35. The molecule has 2 aromatic rings. The average Bonchev–Trinajstić information content (AvgIpc) is 2.69. The molecule has 0 saturated heterocycles. The normalized spacial score (nSPS) is 18.8. The number of aliphatic hydroxyl groups is 1. The highest BCUT2D eigenvalue weighted by molar-refractivity contribution is 5.73. The lowest BCUT2D eigenvalue weighted by Crippen LogP contribution is -2.49. The van der Waals surface area contributed by atoms with Gasteiger partial charge in [0.25, 0.3) is 0 Å². The second kappa shape index (κ2) is 10.6. The van der Waals surface area contributed by atoms with E-state index in [9.17, 15) is 18.7 Å². The monoisotopic (exact) mass is 489 g/mol. The van der Waals surface area contributed by atoms with Gasteiger partial charge in [-0.3, -0.25) is 4.79 Å². The summed E-state index contributed by atoms with van der Waals surface area (Å²) in [6.07, 6.45) is 2.46. The van der Waals surface area contributed by atoms with Crippen LogP contribution in [0.3, 0.4) is 0 Å². The summed E-state index contributed by atoms with van der Waals surface area (Å²) in [5, 5.41) is 17.1. The van der Waals surface area contributed by atoms with Crippen molar-refractivity contribution in [2.24, 2.45) is 5.41 Å². The van der Waals surface area contributed by atoms with Gasteiger partial charge in [0.15, 0.2) is 0 Å². The average molecular weight is 490 g/mol. The Balaban J connectivity index is 1.77. The first-order chi connectivity index (χ1) is 16.2. The van der Waals surface area contributed by atoms with Crippen molar-refractivity contribution in [2.75, 3.05) is 6.54 Å². The molecule has 0 saturated carbocycles. The van der Waals surface area contributed by atoms with E-state index in [1.165, 1.54) is 19.1 Å². The Morgan fingerprint density at radius 1 is 1.20 bits per heavy atom. The minimum Gasteiger partial charge on any atom is -0.471 e. The van der Waals surface area contributed by atoms with Crippen molar-refractivity contribution in [1.82, 2.24) is 15.6 Å². The first-order valence-electron chi connectivity index (χ1n) is 12.0. The molecule has 3 rings (SSSR count). The van der Waals surface area contributed by atoms with Gasteiger partial charge in [-0.15, -0.1) is 0 Å². The number of hydrogen-bond donors (Lipinski definition) is 3. The highest BCUT2D eigenvalue weighted by Crippen LogP contribution is 2.39. The van der Waals surface area contributed by atoms with Gasteiger partial charge < -0.3 is 20.5 Å². The van der Waals surface area contributed by atoms with E-state index in [0.29, 0.717) is 17.9 Å². The van der Waals surface area contributed by atoms with E-state index in [0.717, 1.165) is 23.6 Å². The number of nitrogens with zero attached hydrogens (tertiary/aromatic N) is 1. The third kappa shape index (κ3) is 7.97. The minimum atomic E-state index is -0.995. The van der Waals surface area contributed by atoms with E-state index < -0.39 is 29.4 Å². The molecule has 35 heavy (non-hydrogen) atoms. The molecule has 1 aromatic carbocycles. The Morgan fingerprint density at radius 3 is 2.46 bits per heavy atom. The lowest BCUT2D eigenvalue weighted by molar-refractivity contribution is -0.120. The van der Waals surface area contributed by atoms with Crippen LogP contribution in [0.4, 0.5) is 8.78 Å². The zero-order chi connectivity index (χ0) is 26.0. The van der Waals surface area contributed by atoms with Gasteiger partial charge in [0.05, 0.1) is 12.1 Å². The molecule has 1 amide bonds. The van der Waals surface area contributed by atoms with Crippen LogP contribution >= 0.6 is 0 Å². The van der Waals surface area contributed by atoms with Crippen molar-refractivity contribution in [3.05, 3.63) is 58.8 Å². The predicted molar refractivity (Wildman–Crippen MR) is 131 cm³/mol. The summed E-state index contributed by atoms with van der Waals surface area (Å²) in [4.78, 5) is 16.3. The van der Waals surface area contributed by atoms with Crippen LogP contribution in [0.15, 0.2) is 30.5 Å². The van der Waals surface area contributed by atoms with E-state index in [-0.39, 0.29) is 30.3 Å². The number of amides is 1. The first kappa shape index (κ1) is 27.0. The SMILES string of the molecule is CC(=O)N[C@@H](Cc1cc(F)cc(F)c1)[C@@H](O)CN[C@H]1CC(C)(C)Oc2ncc(CC(C)(C)C)cc21. The smallest absolute Gasteiger partial charge is 0.218 e. The highest BCUT2D eigenvalue weighted by atomic mass is 19.1. The summed E-state index contributed by atoms with van der Waals surface area (Å²) in [5.41, 5.74) is 2.04. The molecule has 8 heteroatoms. The lowest BCUT2D eigenvalue weighted by Gasteiger charge is -2.38. The number of aromatic nitrogens is 1. The van der Waals surface area contributed by atoms with Gasteiger partial charge in [-0.2, -0.15) is 0 Å². The molecule has 0 bridgehead atoms.